The maximum absolute atomic E-state index is 14.9. The van der Waals surface area contributed by atoms with Crippen molar-refractivity contribution in [1.82, 2.24) is 0 Å². The monoisotopic (exact) mass is 484 g/mol. The van der Waals surface area contributed by atoms with Crippen LogP contribution in [0.5, 0.6) is 5.75 Å². The van der Waals surface area contributed by atoms with Crippen molar-refractivity contribution in [2.24, 2.45) is 0 Å². The van der Waals surface area contributed by atoms with Gasteiger partial charge in [-0.25, -0.2) is 13.2 Å². The van der Waals surface area contributed by atoms with E-state index in [1.165, 1.54) is 18.2 Å². The van der Waals surface area contributed by atoms with Crippen molar-refractivity contribution in [1.29, 1.82) is 0 Å². The second-order valence-electron chi connectivity index (χ2n) is 8.98. The Morgan fingerprint density at radius 2 is 1.51 bits per heavy atom. The third-order valence-electron chi connectivity index (χ3n) is 6.68. The average molecular weight is 485 g/mol. The number of ether oxygens (including phenoxy) is 1. The van der Waals surface area contributed by atoms with E-state index in [0.29, 0.717) is 43.2 Å². The topological polar surface area (TPSA) is 29.5 Å². The van der Waals surface area contributed by atoms with E-state index in [1.807, 2.05) is 0 Å². The Kier molecular flexibility index (Phi) is 7.91. The molecule has 35 heavy (non-hydrogen) atoms. The molecule has 0 bridgehead atoms. The Morgan fingerprint density at radius 3 is 2.20 bits per heavy atom. The van der Waals surface area contributed by atoms with Crippen LogP contribution in [0.4, 0.5) is 17.6 Å². The van der Waals surface area contributed by atoms with E-state index in [0.717, 1.165) is 5.56 Å². The molecule has 2 nitrogen and oxygen atoms in total. The fourth-order valence-corrected chi connectivity index (χ4v) is 4.64. The number of hydrogen-bond acceptors (Lipinski definition) is 2. The molecule has 1 aliphatic rings. The minimum Gasteiger partial charge on any atom is -0.486 e. The highest BCUT2D eigenvalue weighted by Gasteiger charge is 2.25. The van der Waals surface area contributed by atoms with Crippen molar-refractivity contribution in [2.45, 2.75) is 50.5 Å². The summed E-state index contributed by atoms with van der Waals surface area (Å²) in [5.74, 6) is -3.91. The standard InChI is InChI=1S/C29H28F4O2/c1-2-17-35-25-16-11-21(26(30)29(25)33)8-5-18-3-6-19(7-4-18)23-14-15-24(28(32)27(23)31)20-9-12-22(34)13-10-20/h2-4,6-7,11,14-16,20,22,34H,1,5,8-10,12-13,17H2. The van der Waals surface area contributed by atoms with Crippen molar-refractivity contribution in [3.63, 3.8) is 0 Å². The second-order valence-corrected chi connectivity index (χ2v) is 8.98. The molecule has 1 N–H and O–H groups in total. The molecule has 1 aliphatic carbocycles. The van der Waals surface area contributed by atoms with Crippen LogP contribution in [-0.4, -0.2) is 17.8 Å². The van der Waals surface area contributed by atoms with Crippen LogP contribution in [0.2, 0.25) is 0 Å². The first-order valence-corrected chi connectivity index (χ1v) is 11.8. The predicted octanol–water partition coefficient (Wildman–Crippen LogP) is 7.28. The third-order valence-corrected chi connectivity index (χ3v) is 6.68. The number of benzene rings is 3. The molecule has 0 aliphatic heterocycles. The van der Waals surface area contributed by atoms with Gasteiger partial charge in [0, 0.05) is 5.56 Å². The molecular formula is C29H28F4O2. The van der Waals surface area contributed by atoms with Gasteiger partial charge in [-0.2, -0.15) is 4.39 Å². The molecule has 0 unspecified atom stereocenters. The summed E-state index contributed by atoms with van der Waals surface area (Å²) in [6.45, 7) is 3.56. The maximum Gasteiger partial charge on any atom is 0.200 e. The van der Waals surface area contributed by atoms with Crippen LogP contribution in [0.3, 0.4) is 0 Å². The van der Waals surface area contributed by atoms with Crippen molar-refractivity contribution >= 4 is 0 Å². The lowest BCUT2D eigenvalue weighted by atomic mass is 9.82. The summed E-state index contributed by atoms with van der Waals surface area (Å²) in [7, 11) is 0. The van der Waals surface area contributed by atoms with Crippen LogP contribution in [-0.2, 0) is 12.8 Å². The van der Waals surface area contributed by atoms with Gasteiger partial charge in [-0.05, 0) is 72.8 Å². The van der Waals surface area contributed by atoms with E-state index < -0.39 is 23.3 Å². The van der Waals surface area contributed by atoms with E-state index in [4.69, 9.17) is 4.74 Å². The normalized spacial score (nSPS) is 17.9. The molecule has 6 heteroatoms. The number of hydrogen-bond donors (Lipinski definition) is 1. The summed E-state index contributed by atoms with van der Waals surface area (Å²) >= 11 is 0. The van der Waals surface area contributed by atoms with Gasteiger partial charge in [0.1, 0.15) is 6.61 Å². The summed E-state index contributed by atoms with van der Waals surface area (Å²) in [5, 5.41) is 9.67. The fourth-order valence-electron chi connectivity index (χ4n) is 4.64. The van der Waals surface area contributed by atoms with Gasteiger partial charge in [-0.1, -0.05) is 55.1 Å². The Bertz CT molecular complexity index is 1180. The molecule has 0 heterocycles. The van der Waals surface area contributed by atoms with E-state index in [2.05, 4.69) is 6.58 Å². The molecule has 184 valence electrons. The first-order valence-electron chi connectivity index (χ1n) is 11.8. The van der Waals surface area contributed by atoms with E-state index >= 15 is 0 Å². The van der Waals surface area contributed by atoms with Gasteiger partial charge in [0.05, 0.1) is 6.10 Å². The number of rotatable bonds is 8. The Labute approximate surface area is 202 Å². The minimum atomic E-state index is -1.02. The van der Waals surface area contributed by atoms with Gasteiger partial charge in [0.15, 0.2) is 23.2 Å². The Morgan fingerprint density at radius 1 is 0.800 bits per heavy atom. The molecular weight excluding hydrogens is 456 g/mol. The average Bonchev–Trinajstić information content (AvgIpc) is 2.87. The summed E-state index contributed by atoms with van der Waals surface area (Å²) in [6, 6.07) is 13.1. The molecule has 0 atom stereocenters. The maximum atomic E-state index is 14.9. The van der Waals surface area contributed by atoms with Crippen molar-refractivity contribution in [3.05, 3.63) is 101 Å². The van der Waals surface area contributed by atoms with E-state index in [1.54, 1.807) is 36.4 Å². The van der Waals surface area contributed by atoms with Gasteiger partial charge < -0.3 is 9.84 Å². The molecule has 1 saturated carbocycles. The smallest absolute Gasteiger partial charge is 0.200 e. The molecule has 0 spiro atoms. The molecule has 0 radical (unpaired) electrons. The van der Waals surface area contributed by atoms with Gasteiger partial charge >= 0.3 is 0 Å². The van der Waals surface area contributed by atoms with Crippen LogP contribution in [0.25, 0.3) is 11.1 Å². The van der Waals surface area contributed by atoms with E-state index in [9.17, 15) is 22.7 Å². The zero-order valence-electron chi connectivity index (χ0n) is 19.4. The molecule has 0 saturated heterocycles. The fraction of sp³-hybridized carbons (Fsp3) is 0.310. The lowest BCUT2D eigenvalue weighted by Crippen LogP contribution is -2.18. The summed E-state index contributed by atoms with van der Waals surface area (Å²) < 4.78 is 63.4. The summed E-state index contributed by atoms with van der Waals surface area (Å²) in [6.07, 6.45) is 4.29. The highest BCUT2D eigenvalue weighted by molar-refractivity contribution is 5.65. The van der Waals surface area contributed by atoms with Crippen molar-refractivity contribution < 1.29 is 27.4 Å². The predicted molar refractivity (Wildman–Crippen MR) is 128 cm³/mol. The van der Waals surface area contributed by atoms with Gasteiger partial charge in [0.25, 0.3) is 0 Å². The minimum absolute atomic E-state index is 0.0833. The van der Waals surface area contributed by atoms with Crippen LogP contribution in [0, 0.1) is 23.3 Å². The molecule has 4 rings (SSSR count). The third kappa shape index (κ3) is 5.59. The van der Waals surface area contributed by atoms with Gasteiger partial charge in [-0.3, -0.25) is 0 Å². The highest BCUT2D eigenvalue weighted by Crippen LogP contribution is 2.37. The molecule has 1 fully saturated rings. The van der Waals surface area contributed by atoms with Gasteiger partial charge in [0.2, 0.25) is 5.82 Å². The lowest BCUT2D eigenvalue weighted by Gasteiger charge is -2.26. The van der Waals surface area contributed by atoms with Gasteiger partial charge in [-0.15, -0.1) is 0 Å². The molecule has 0 amide bonds. The zero-order valence-corrected chi connectivity index (χ0v) is 19.4. The van der Waals surface area contributed by atoms with Crippen LogP contribution in [0.1, 0.15) is 48.3 Å². The Hall–Kier alpha value is -3.12. The SMILES string of the molecule is C=CCOc1ccc(CCc2ccc(-c3ccc(C4CCC(O)CC4)c(F)c3F)cc2)c(F)c1F. The van der Waals surface area contributed by atoms with Crippen LogP contribution < -0.4 is 4.74 Å². The quantitative estimate of drug-likeness (QED) is 0.269. The van der Waals surface area contributed by atoms with Crippen LogP contribution in [0.15, 0.2) is 61.2 Å². The highest BCUT2D eigenvalue weighted by atomic mass is 19.2. The van der Waals surface area contributed by atoms with Crippen LogP contribution >= 0.6 is 0 Å². The first-order chi connectivity index (χ1) is 16.9. The Balaban J connectivity index is 1.44. The number of aliphatic hydroxyl groups excluding tert-OH is 1. The number of aliphatic hydroxyl groups is 1. The van der Waals surface area contributed by atoms with E-state index in [-0.39, 0.29) is 41.9 Å². The zero-order chi connectivity index (χ0) is 24.9. The van der Waals surface area contributed by atoms with Crippen molar-refractivity contribution in [2.75, 3.05) is 6.61 Å². The largest absolute Gasteiger partial charge is 0.486 e. The summed E-state index contributed by atoms with van der Waals surface area (Å²) in [4.78, 5) is 0. The van der Waals surface area contributed by atoms with Crippen molar-refractivity contribution in [3.8, 4) is 16.9 Å². The second kappa shape index (κ2) is 11.1. The number of halogens is 4. The first kappa shape index (κ1) is 25.0. The lowest BCUT2D eigenvalue weighted by molar-refractivity contribution is 0.122. The molecule has 3 aromatic rings. The number of aryl methyl sites for hydroxylation is 2. The molecule has 3 aromatic carbocycles. The molecule has 0 aromatic heterocycles. The summed E-state index contributed by atoms with van der Waals surface area (Å²) in [5.41, 5.74) is 2.17.